The molecular weight excluding hydrogens is 102 g/mol. The minimum atomic E-state index is -0.306. The Morgan fingerprint density at radius 2 is 2.75 bits per heavy atom. The van der Waals surface area contributed by atoms with Gasteiger partial charge >= 0.3 is 0 Å². The fraction of sp³-hybridized carbons (Fsp3) is 0.400. The third-order valence-corrected chi connectivity index (χ3v) is 0.852. The number of likely N-dealkylation sites (N-methyl/N-ethyl adjacent to an activating group) is 1. The molecule has 0 saturated heterocycles. The fourth-order valence-electron chi connectivity index (χ4n) is 0.494. The molecule has 1 rings (SSSR count). The lowest BCUT2D eigenvalue weighted by Gasteiger charge is -2.00. The van der Waals surface area contributed by atoms with Crippen LogP contribution in [0.4, 0.5) is 0 Å². The normalized spacial score (nSPS) is 26.0. The van der Waals surface area contributed by atoms with Crippen LogP contribution in [-0.4, -0.2) is 24.3 Å². The number of nitrogens with zero attached hydrogens (tertiary/aromatic N) is 3. The van der Waals surface area contributed by atoms with Gasteiger partial charge < -0.3 is 4.90 Å². The minimum Gasteiger partial charge on any atom is -0.348 e. The highest BCUT2D eigenvalue weighted by Crippen LogP contribution is 2.03. The van der Waals surface area contributed by atoms with Crippen LogP contribution in [0.5, 0.6) is 0 Å². The van der Waals surface area contributed by atoms with E-state index in [0.717, 1.165) is 0 Å². The number of nitriles is 1. The van der Waals surface area contributed by atoms with E-state index in [0.29, 0.717) is 0 Å². The summed E-state index contributed by atoms with van der Waals surface area (Å²) in [5.41, 5.74) is 0. The van der Waals surface area contributed by atoms with Gasteiger partial charge in [0, 0.05) is 7.05 Å². The Hall–Kier alpha value is -1.04. The van der Waals surface area contributed by atoms with Gasteiger partial charge in [-0.2, -0.15) is 5.26 Å². The van der Waals surface area contributed by atoms with Crippen LogP contribution in [-0.2, 0) is 0 Å². The topological polar surface area (TPSA) is 39.4 Å². The van der Waals surface area contributed by atoms with Gasteiger partial charge in [-0.05, 0) is 0 Å². The van der Waals surface area contributed by atoms with E-state index in [9.17, 15) is 0 Å². The molecule has 0 amide bonds. The molecule has 3 nitrogen and oxygen atoms in total. The van der Waals surface area contributed by atoms with Crippen LogP contribution < -0.4 is 0 Å². The van der Waals surface area contributed by atoms with Crippen LogP contribution in [0.25, 0.3) is 0 Å². The van der Waals surface area contributed by atoms with Crippen LogP contribution in [0, 0.1) is 17.9 Å². The lowest BCUT2D eigenvalue weighted by Crippen LogP contribution is -2.10. The highest BCUT2D eigenvalue weighted by Gasteiger charge is 2.13. The molecule has 40 valence electrons. The summed E-state index contributed by atoms with van der Waals surface area (Å²) in [4.78, 5) is 5.34. The average molecular weight is 107 g/mol. The van der Waals surface area contributed by atoms with E-state index < -0.39 is 0 Å². The Labute approximate surface area is 48.2 Å². The summed E-state index contributed by atoms with van der Waals surface area (Å²) < 4.78 is 0. The van der Waals surface area contributed by atoms with Crippen molar-refractivity contribution in [2.75, 3.05) is 7.05 Å². The van der Waals surface area contributed by atoms with E-state index in [4.69, 9.17) is 5.26 Å². The molecule has 0 aliphatic carbocycles. The summed E-state index contributed by atoms with van der Waals surface area (Å²) >= 11 is 0. The molecule has 0 saturated carbocycles. The minimum absolute atomic E-state index is 0.306. The molecule has 0 aromatic carbocycles. The standard InChI is InChI=1S/C5H5N3/c1-8-3-5(2-6)7-4-8/h3,5H,1H3. The van der Waals surface area contributed by atoms with E-state index in [1.807, 2.05) is 6.07 Å². The maximum absolute atomic E-state index is 8.24. The first-order valence-electron chi connectivity index (χ1n) is 2.26. The van der Waals surface area contributed by atoms with E-state index in [-0.39, 0.29) is 6.04 Å². The molecule has 2 radical (unpaired) electrons. The quantitative estimate of drug-likeness (QED) is 0.433. The van der Waals surface area contributed by atoms with Gasteiger partial charge in [-0.25, -0.2) is 4.99 Å². The summed E-state index contributed by atoms with van der Waals surface area (Å²) in [5, 5.41) is 8.24. The van der Waals surface area contributed by atoms with Gasteiger partial charge in [-0.3, -0.25) is 0 Å². The van der Waals surface area contributed by atoms with Crippen LogP contribution in [0.1, 0.15) is 0 Å². The second kappa shape index (κ2) is 1.83. The number of rotatable bonds is 0. The molecule has 1 heterocycles. The Kier molecular flexibility index (Phi) is 1.17. The van der Waals surface area contributed by atoms with Crippen LogP contribution in [0.3, 0.4) is 0 Å². The van der Waals surface area contributed by atoms with Crippen LogP contribution >= 0.6 is 0 Å². The van der Waals surface area contributed by atoms with Crippen molar-refractivity contribution in [3.63, 3.8) is 0 Å². The molecule has 1 unspecified atom stereocenters. The molecule has 0 fully saturated rings. The zero-order chi connectivity index (χ0) is 5.98. The smallest absolute Gasteiger partial charge is 0.168 e. The lowest BCUT2D eigenvalue weighted by molar-refractivity contribution is 0.635. The van der Waals surface area contributed by atoms with Crippen molar-refractivity contribution in [3.8, 4) is 6.07 Å². The van der Waals surface area contributed by atoms with Gasteiger partial charge in [-0.15, -0.1) is 0 Å². The third-order valence-electron chi connectivity index (χ3n) is 0.852. The average Bonchev–Trinajstić information content (AvgIpc) is 2.14. The van der Waals surface area contributed by atoms with E-state index in [2.05, 4.69) is 11.3 Å². The largest absolute Gasteiger partial charge is 0.348 e. The Morgan fingerprint density at radius 3 is 3.00 bits per heavy atom. The van der Waals surface area contributed by atoms with Crippen molar-refractivity contribution in [3.05, 3.63) is 6.54 Å². The Balaban J connectivity index is 2.49. The van der Waals surface area contributed by atoms with Crippen LogP contribution in [0.2, 0.25) is 0 Å². The second-order valence-electron chi connectivity index (χ2n) is 1.56. The van der Waals surface area contributed by atoms with E-state index >= 15 is 0 Å². The first kappa shape index (κ1) is 5.10. The number of hydrogen-bond acceptors (Lipinski definition) is 3. The van der Waals surface area contributed by atoms with Crippen molar-refractivity contribution < 1.29 is 0 Å². The third kappa shape index (κ3) is 0.784. The van der Waals surface area contributed by atoms with Crippen LogP contribution in [0.15, 0.2) is 4.99 Å². The van der Waals surface area contributed by atoms with Crippen molar-refractivity contribution in [1.82, 2.24) is 4.90 Å². The molecule has 0 aromatic rings. The van der Waals surface area contributed by atoms with Crippen molar-refractivity contribution in [1.29, 1.82) is 5.26 Å². The molecule has 0 bridgehead atoms. The second-order valence-corrected chi connectivity index (χ2v) is 1.56. The van der Waals surface area contributed by atoms with Gasteiger partial charge in [0.05, 0.1) is 12.6 Å². The fourth-order valence-corrected chi connectivity index (χ4v) is 0.494. The molecule has 3 heteroatoms. The predicted molar refractivity (Wildman–Crippen MR) is 28.9 cm³/mol. The molecule has 0 N–H and O–H groups in total. The Bertz CT molecular complexity index is 144. The molecule has 0 aromatic heterocycles. The lowest BCUT2D eigenvalue weighted by atomic mass is 10.4. The zero-order valence-corrected chi connectivity index (χ0v) is 4.50. The Morgan fingerprint density at radius 1 is 2.00 bits per heavy atom. The number of hydrogen-bond donors (Lipinski definition) is 0. The van der Waals surface area contributed by atoms with Gasteiger partial charge in [0.25, 0.3) is 0 Å². The van der Waals surface area contributed by atoms with Gasteiger partial charge in [0.2, 0.25) is 0 Å². The van der Waals surface area contributed by atoms with E-state index in [1.165, 1.54) is 0 Å². The highest BCUT2D eigenvalue weighted by molar-refractivity contribution is 5.60. The summed E-state index contributed by atoms with van der Waals surface area (Å²) in [6.45, 7) is 1.69. The van der Waals surface area contributed by atoms with Gasteiger partial charge in [-0.1, -0.05) is 0 Å². The molecule has 1 aliphatic rings. The first-order chi connectivity index (χ1) is 3.83. The van der Waals surface area contributed by atoms with Gasteiger partial charge in [0.1, 0.15) is 0 Å². The predicted octanol–water partition coefficient (Wildman–Crippen LogP) is -0.109. The van der Waals surface area contributed by atoms with E-state index in [1.54, 1.807) is 18.5 Å². The molecule has 1 atom stereocenters. The van der Waals surface area contributed by atoms with Gasteiger partial charge in [0.15, 0.2) is 12.4 Å². The van der Waals surface area contributed by atoms with Crippen molar-refractivity contribution in [2.24, 2.45) is 4.99 Å². The maximum atomic E-state index is 8.24. The molecular formula is C5H5N3. The summed E-state index contributed by atoms with van der Waals surface area (Å²) in [6, 6.07) is 1.66. The number of aliphatic imine (C=N–C) groups is 1. The first-order valence-corrected chi connectivity index (χ1v) is 2.26. The zero-order valence-electron chi connectivity index (χ0n) is 4.50. The van der Waals surface area contributed by atoms with Crippen molar-refractivity contribution >= 4 is 6.34 Å². The maximum Gasteiger partial charge on any atom is 0.168 e. The monoisotopic (exact) mass is 107 g/mol. The van der Waals surface area contributed by atoms with Crippen molar-refractivity contribution in [2.45, 2.75) is 6.04 Å². The summed E-state index contributed by atoms with van der Waals surface area (Å²) in [7, 11) is 1.79. The SMILES string of the molecule is CN1[C]=NC(C#N)[CH]1. The molecule has 1 aliphatic heterocycles. The highest BCUT2D eigenvalue weighted by atomic mass is 15.2. The molecule has 8 heavy (non-hydrogen) atoms. The summed E-state index contributed by atoms with van der Waals surface area (Å²) in [5.74, 6) is 0. The molecule has 0 spiro atoms. The summed E-state index contributed by atoms with van der Waals surface area (Å²) in [6.07, 6.45) is 2.60.